The highest BCUT2D eigenvalue weighted by molar-refractivity contribution is 6.30. The number of rotatable bonds is 6. The van der Waals surface area contributed by atoms with Gasteiger partial charge in [-0.15, -0.1) is 12.4 Å². The molecule has 1 aromatic heterocycles. The Morgan fingerprint density at radius 2 is 2.04 bits per heavy atom. The molecule has 0 atom stereocenters. The van der Waals surface area contributed by atoms with E-state index in [0.29, 0.717) is 48.4 Å². The van der Waals surface area contributed by atoms with Gasteiger partial charge in [-0.25, -0.2) is 0 Å². The topological polar surface area (TPSA) is 93.6 Å². The van der Waals surface area contributed by atoms with E-state index < -0.39 is 0 Å². The molecule has 1 amide bonds. The van der Waals surface area contributed by atoms with Crippen molar-refractivity contribution in [2.75, 3.05) is 38.7 Å². The molecule has 1 aromatic carbocycles. The normalized spacial score (nSPS) is 14.7. The molecule has 1 fully saturated rings. The van der Waals surface area contributed by atoms with Crippen LogP contribution >= 0.6 is 24.0 Å². The van der Waals surface area contributed by atoms with Gasteiger partial charge in [0.2, 0.25) is 0 Å². The minimum Gasteiger partial charge on any atom is -0.383 e. The fourth-order valence-corrected chi connectivity index (χ4v) is 3.07. The summed E-state index contributed by atoms with van der Waals surface area (Å²) in [6.45, 7) is 2.27. The van der Waals surface area contributed by atoms with E-state index >= 15 is 0 Å². The Bertz CT molecular complexity index is 744. The summed E-state index contributed by atoms with van der Waals surface area (Å²) in [5.74, 6) is 0.747. The molecule has 0 aliphatic carbocycles. The molecule has 3 N–H and O–H groups in total. The Kier molecular flexibility index (Phi) is 7.91. The van der Waals surface area contributed by atoms with Gasteiger partial charge >= 0.3 is 0 Å². The van der Waals surface area contributed by atoms with E-state index in [1.807, 2.05) is 12.1 Å². The van der Waals surface area contributed by atoms with Crippen molar-refractivity contribution >= 4 is 35.7 Å². The molecule has 1 aliphatic heterocycles. The van der Waals surface area contributed by atoms with Crippen LogP contribution in [0.15, 0.2) is 28.8 Å². The Hall–Kier alpha value is -1.80. The molecule has 3 rings (SSSR count). The van der Waals surface area contributed by atoms with Crippen molar-refractivity contribution in [3.8, 4) is 11.3 Å². The number of carbonyl (C=O) groups excluding carboxylic acids is 1. The second kappa shape index (κ2) is 9.94. The minimum absolute atomic E-state index is 0. The lowest BCUT2D eigenvalue weighted by atomic mass is 10.0. The van der Waals surface area contributed by atoms with Crippen LogP contribution in [0.4, 0.5) is 5.82 Å². The molecule has 1 saturated heterocycles. The summed E-state index contributed by atoms with van der Waals surface area (Å²) in [5, 5.41) is 7.80. The van der Waals surface area contributed by atoms with Crippen LogP contribution in [0.3, 0.4) is 0 Å². The predicted octanol–water partition coefficient (Wildman–Crippen LogP) is 3.04. The van der Waals surface area contributed by atoms with Crippen LogP contribution in [-0.2, 0) is 4.74 Å². The molecule has 9 heteroatoms. The van der Waals surface area contributed by atoms with Crippen LogP contribution in [0.5, 0.6) is 0 Å². The minimum atomic E-state index is -0.108. The summed E-state index contributed by atoms with van der Waals surface area (Å²) in [6.07, 6.45) is 1.58. The van der Waals surface area contributed by atoms with E-state index in [1.54, 1.807) is 24.1 Å². The first-order chi connectivity index (χ1) is 12.6. The standard InChI is InChI=1S/C18H23ClN4O3.ClH/c1-25-11-8-21-17-15(18(24)23-9-6-14(20)7-10-23)16(26-22-17)12-2-4-13(19)5-3-12;/h2-5,14H,6-11,20H2,1H3,(H,21,22);1H. The van der Waals surface area contributed by atoms with Gasteiger partial charge in [0.05, 0.1) is 6.61 Å². The largest absolute Gasteiger partial charge is 0.383 e. The van der Waals surface area contributed by atoms with Crippen molar-refractivity contribution in [2.24, 2.45) is 5.73 Å². The van der Waals surface area contributed by atoms with Crippen LogP contribution in [-0.4, -0.2) is 55.4 Å². The number of methoxy groups -OCH3 is 1. The number of piperidine rings is 1. The third kappa shape index (κ3) is 5.13. The SMILES string of the molecule is COCCNc1noc(-c2ccc(Cl)cc2)c1C(=O)N1CCC(N)CC1.Cl. The van der Waals surface area contributed by atoms with Crippen molar-refractivity contribution in [2.45, 2.75) is 18.9 Å². The highest BCUT2D eigenvalue weighted by Gasteiger charge is 2.30. The Balaban J connectivity index is 0.00000261. The monoisotopic (exact) mass is 414 g/mol. The molecule has 0 radical (unpaired) electrons. The summed E-state index contributed by atoms with van der Waals surface area (Å²) >= 11 is 5.97. The number of likely N-dealkylation sites (tertiary alicyclic amines) is 1. The maximum Gasteiger partial charge on any atom is 0.261 e. The maximum absolute atomic E-state index is 13.2. The quantitative estimate of drug-likeness (QED) is 0.705. The van der Waals surface area contributed by atoms with Crippen molar-refractivity contribution in [1.82, 2.24) is 10.1 Å². The van der Waals surface area contributed by atoms with Gasteiger partial charge in [0.15, 0.2) is 11.6 Å². The second-order valence-electron chi connectivity index (χ2n) is 6.29. The van der Waals surface area contributed by atoms with Gasteiger partial charge in [0, 0.05) is 43.4 Å². The summed E-state index contributed by atoms with van der Waals surface area (Å²) in [5.41, 5.74) is 7.13. The number of aromatic nitrogens is 1. The van der Waals surface area contributed by atoms with Gasteiger partial charge in [0.25, 0.3) is 5.91 Å². The van der Waals surface area contributed by atoms with Crippen LogP contribution < -0.4 is 11.1 Å². The number of nitrogens with one attached hydrogen (secondary N) is 1. The number of nitrogens with zero attached hydrogens (tertiary/aromatic N) is 2. The zero-order valence-electron chi connectivity index (χ0n) is 15.1. The zero-order valence-corrected chi connectivity index (χ0v) is 16.7. The lowest BCUT2D eigenvalue weighted by molar-refractivity contribution is 0.0716. The van der Waals surface area contributed by atoms with E-state index in [9.17, 15) is 4.79 Å². The van der Waals surface area contributed by atoms with E-state index in [-0.39, 0.29) is 24.4 Å². The lowest BCUT2D eigenvalue weighted by Crippen LogP contribution is -2.43. The number of halogens is 2. The molecule has 7 nitrogen and oxygen atoms in total. The molecule has 0 saturated carbocycles. The Labute approximate surface area is 169 Å². The third-order valence-electron chi connectivity index (χ3n) is 4.44. The highest BCUT2D eigenvalue weighted by atomic mass is 35.5. The number of anilines is 1. The smallest absolute Gasteiger partial charge is 0.261 e. The number of hydrogen-bond acceptors (Lipinski definition) is 6. The molecule has 1 aliphatic rings. The van der Waals surface area contributed by atoms with E-state index in [1.165, 1.54) is 0 Å². The molecule has 0 spiro atoms. The first-order valence-electron chi connectivity index (χ1n) is 8.63. The maximum atomic E-state index is 13.2. The Morgan fingerprint density at radius 1 is 1.37 bits per heavy atom. The molecule has 2 aromatic rings. The highest BCUT2D eigenvalue weighted by Crippen LogP contribution is 2.31. The van der Waals surface area contributed by atoms with E-state index in [4.69, 9.17) is 26.6 Å². The fourth-order valence-electron chi connectivity index (χ4n) is 2.94. The summed E-state index contributed by atoms with van der Waals surface area (Å²) in [4.78, 5) is 15.0. The van der Waals surface area contributed by atoms with Crippen LogP contribution in [0.25, 0.3) is 11.3 Å². The number of ether oxygens (including phenoxy) is 1. The number of nitrogens with two attached hydrogens (primary N) is 1. The van der Waals surface area contributed by atoms with Crippen molar-refractivity contribution in [1.29, 1.82) is 0 Å². The summed E-state index contributed by atoms with van der Waals surface area (Å²) < 4.78 is 10.6. The van der Waals surface area contributed by atoms with Crippen molar-refractivity contribution < 1.29 is 14.1 Å². The van der Waals surface area contributed by atoms with Crippen LogP contribution in [0, 0.1) is 0 Å². The van der Waals surface area contributed by atoms with Gasteiger partial charge in [-0.05, 0) is 37.1 Å². The number of carbonyl (C=O) groups is 1. The number of benzene rings is 1. The first-order valence-corrected chi connectivity index (χ1v) is 9.01. The fraction of sp³-hybridized carbons (Fsp3) is 0.444. The summed E-state index contributed by atoms with van der Waals surface area (Å²) in [7, 11) is 1.62. The predicted molar refractivity (Wildman–Crippen MR) is 108 cm³/mol. The summed E-state index contributed by atoms with van der Waals surface area (Å²) in [6, 6.07) is 7.28. The molecule has 27 heavy (non-hydrogen) atoms. The third-order valence-corrected chi connectivity index (χ3v) is 4.69. The van der Waals surface area contributed by atoms with Crippen molar-refractivity contribution in [3.05, 3.63) is 34.9 Å². The molecule has 148 valence electrons. The van der Waals surface area contributed by atoms with Crippen molar-refractivity contribution in [3.63, 3.8) is 0 Å². The Morgan fingerprint density at radius 3 is 2.67 bits per heavy atom. The first kappa shape index (κ1) is 21.5. The van der Waals surface area contributed by atoms with E-state index in [2.05, 4.69) is 10.5 Å². The molecular weight excluding hydrogens is 391 g/mol. The van der Waals surface area contributed by atoms with Gasteiger partial charge in [-0.3, -0.25) is 4.79 Å². The average Bonchev–Trinajstić information content (AvgIpc) is 3.06. The molecular formula is C18H24Cl2N4O3. The second-order valence-corrected chi connectivity index (χ2v) is 6.73. The average molecular weight is 415 g/mol. The molecule has 0 bridgehead atoms. The molecule has 2 heterocycles. The zero-order chi connectivity index (χ0) is 18.5. The number of amides is 1. The van der Waals surface area contributed by atoms with Gasteiger partial charge in [-0.1, -0.05) is 16.8 Å². The molecule has 0 unspecified atom stereocenters. The number of hydrogen-bond donors (Lipinski definition) is 2. The van der Waals surface area contributed by atoms with Gasteiger partial charge < -0.3 is 25.2 Å². The van der Waals surface area contributed by atoms with Crippen LogP contribution in [0.1, 0.15) is 23.2 Å². The lowest BCUT2D eigenvalue weighted by Gasteiger charge is -2.30. The van der Waals surface area contributed by atoms with Gasteiger partial charge in [-0.2, -0.15) is 0 Å². The van der Waals surface area contributed by atoms with E-state index in [0.717, 1.165) is 18.4 Å². The van der Waals surface area contributed by atoms with Crippen LogP contribution in [0.2, 0.25) is 5.02 Å². The van der Waals surface area contributed by atoms with Gasteiger partial charge in [0.1, 0.15) is 5.56 Å².